The molecule has 0 saturated carbocycles. The van der Waals surface area contributed by atoms with E-state index < -0.39 is 93.8 Å². The normalized spacial score (nSPS) is 13.5. The first-order valence-electron chi connectivity index (χ1n) is 14.6. The van der Waals surface area contributed by atoms with Crippen LogP contribution in [0.15, 0.2) is 85.4 Å². The number of alkyl halides is 10. The average molecular weight is 753 g/mol. The first kappa shape index (κ1) is 39.6. The largest absolute Gasteiger partial charge is 0.461 e. The summed E-state index contributed by atoms with van der Waals surface area (Å²) in [7, 11) is 3.31. The highest BCUT2D eigenvalue weighted by atomic mass is 19.4. The zero-order valence-corrected chi connectivity index (χ0v) is 26.7. The fraction of sp³-hybridized carbons (Fsp3) is 0.229. The average Bonchev–Trinajstić information content (AvgIpc) is 3.03. The zero-order valence-electron chi connectivity index (χ0n) is 26.7. The van der Waals surface area contributed by atoms with Gasteiger partial charge in [0.05, 0.1) is 16.7 Å². The summed E-state index contributed by atoms with van der Waals surface area (Å²) in [6.45, 7) is 3.88. The van der Waals surface area contributed by atoms with Crippen molar-refractivity contribution >= 4 is 11.6 Å². The number of nitrogens with one attached hydrogen (secondary N) is 1. The number of carbonyl (C=O) groups is 1. The monoisotopic (exact) mass is 752 g/mol. The molecule has 0 aliphatic heterocycles. The Balaban J connectivity index is 2.07. The summed E-state index contributed by atoms with van der Waals surface area (Å²) in [4.78, 5) is 15.4. The predicted octanol–water partition coefficient (Wildman–Crippen LogP) is 9.83. The summed E-state index contributed by atoms with van der Waals surface area (Å²) >= 11 is 0. The van der Waals surface area contributed by atoms with E-state index in [0.29, 0.717) is 41.6 Å². The molecule has 52 heavy (non-hydrogen) atoms. The minimum atomic E-state index is -5.40. The fourth-order valence-electron chi connectivity index (χ4n) is 5.17. The summed E-state index contributed by atoms with van der Waals surface area (Å²) in [5.74, 6) is -7.99. The summed E-state index contributed by atoms with van der Waals surface area (Å²) in [5, 5.41) is 2.22. The molecular formula is C35H25F13N2O2. The van der Waals surface area contributed by atoms with Crippen LogP contribution in [0.5, 0.6) is 5.75 Å². The van der Waals surface area contributed by atoms with E-state index in [1.807, 2.05) is 0 Å². The van der Waals surface area contributed by atoms with Crippen LogP contribution in [0, 0.1) is 17.5 Å². The van der Waals surface area contributed by atoms with E-state index >= 15 is 4.39 Å². The Morgan fingerprint density at radius 2 is 1.27 bits per heavy atom. The molecule has 0 radical (unpaired) electrons. The van der Waals surface area contributed by atoms with E-state index in [1.54, 1.807) is 19.0 Å². The highest BCUT2D eigenvalue weighted by molar-refractivity contribution is 5.95. The summed E-state index contributed by atoms with van der Waals surface area (Å²) < 4.78 is 185. The number of benzene rings is 4. The quantitative estimate of drug-likeness (QED) is 0.155. The molecule has 0 bridgehead atoms. The molecule has 0 aliphatic rings. The Morgan fingerprint density at radius 1 is 0.731 bits per heavy atom. The van der Waals surface area contributed by atoms with Gasteiger partial charge in [0.25, 0.3) is 5.91 Å². The third-order valence-corrected chi connectivity index (χ3v) is 7.79. The van der Waals surface area contributed by atoms with Crippen molar-refractivity contribution < 1.29 is 66.6 Å². The van der Waals surface area contributed by atoms with Crippen molar-refractivity contribution in [3.63, 3.8) is 0 Å². The molecule has 278 valence electrons. The first-order valence-corrected chi connectivity index (χ1v) is 14.6. The number of carbonyl (C=O) groups excluding carboxylic acids is 1. The highest BCUT2D eigenvalue weighted by Gasteiger charge is 2.46. The smallest absolute Gasteiger partial charge is 0.428 e. The molecule has 0 aliphatic carbocycles. The van der Waals surface area contributed by atoms with Gasteiger partial charge in [0.15, 0.2) is 0 Å². The van der Waals surface area contributed by atoms with Crippen LogP contribution >= 0.6 is 0 Å². The summed E-state index contributed by atoms with van der Waals surface area (Å²) in [6.07, 6.45) is -21.2. The van der Waals surface area contributed by atoms with Gasteiger partial charge in [-0.25, -0.2) is 13.2 Å². The number of hydrogen-bond acceptors (Lipinski definition) is 3. The third-order valence-electron chi connectivity index (χ3n) is 7.79. The van der Waals surface area contributed by atoms with E-state index in [-0.39, 0.29) is 29.8 Å². The second kappa shape index (κ2) is 14.4. The molecule has 4 aromatic carbocycles. The lowest BCUT2D eigenvalue weighted by atomic mass is 9.76. The Hall–Kier alpha value is -5.22. The van der Waals surface area contributed by atoms with Crippen LogP contribution in [0.2, 0.25) is 0 Å². The molecule has 1 atom stereocenters. The van der Waals surface area contributed by atoms with Crippen molar-refractivity contribution in [3.8, 4) is 5.75 Å². The van der Waals surface area contributed by atoms with Crippen molar-refractivity contribution in [2.75, 3.05) is 14.1 Å². The number of rotatable bonds is 11. The number of halogens is 13. The van der Waals surface area contributed by atoms with Gasteiger partial charge in [-0.2, -0.15) is 43.9 Å². The van der Waals surface area contributed by atoms with Crippen LogP contribution in [-0.4, -0.2) is 37.4 Å². The van der Waals surface area contributed by atoms with Crippen LogP contribution in [0.3, 0.4) is 0 Å². The third kappa shape index (κ3) is 8.62. The van der Waals surface area contributed by atoms with Gasteiger partial charge in [-0.15, -0.1) is 0 Å². The van der Waals surface area contributed by atoms with Crippen LogP contribution in [0.1, 0.15) is 43.7 Å². The fourth-order valence-corrected chi connectivity index (χ4v) is 5.17. The van der Waals surface area contributed by atoms with E-state index in [0.717, 1.165) is 0 Å². The van der Waals surface area contributed by atoms with Gasteiger partial charge in [0.1, 0.15) is 23.2 Å². The van der Waals surface area contributed by atoms with E-state index in [9.17, 15) is 57.5 Å². The lowest BCUT2D eigenvalue weighted by Gasteiger charge is -2.37. The van der Waals surface area contributed by atoms with Crippen molar-refractivity contribution in [3.05, 3.63) is 142 Å². The molecule has 4 nitrogen and oxygen atoms in total. The predicted molar refractivity (Wildman–Crippen MR) is 162 cm³/mol. The lowest BCUT2D eigenvalue weighted by Crippen LogP contribution is -2.49. The molecule has 4 rings (SSSR count). The summed E-state index contributed by atoms with van der Waals surface area (Å²) in [6, 6.07) is 8.97. The Morgan fingerprint density at radius 3 is 1.81 bits per heavy atom. The second-order valence-corrected chi connectivity index (χ2v) is 11.6. The maximum atomic E-state index is 15.2. The lowest BCUT2D eigenvalue weighted by molar-refractivity contribution is -0.253. The molecule has 0 fully saturated rings. The van der Waals surface area contributed by atoms with Crippen LogP contribution in [0.4, 0.5) is 57.1 Å². The van der Waals surface area contributed by atoms with E-state index in [2.05, 4.69) is 16.6 Å². The Bertz CT molecular complexity index is 1960. The van der Waals surface area contributed by atoms with Gasteiger partial charge in [0, 0.05) is 37.8 Å². The standard InChI is InChI=1S/C35H25F13N2O2/c1-18(50(2)3)20-6-4-19(5-7-20)17-32(22-9-11-29(38)27(15-22)34(44,45)46,23-13-24(36)16-25(14-23)52-35(47,48)31(39)40)49-30(51)21-8-10-28(37)26(12-21)33(41,42)43/h4-16,31H,1,17H2,2-3H3,(H,49,51)/t32-/m1/s1. The van der Waals surface area contributed by atoms with Crippen LogP contribution in [-0.2, 0) is 24.3 Å². The van der Waals surface area contributed by atoms with E-state index in [4.69, 9.17) is 0 Å². The van der Waals surface area contributed by atoms with Gasteiger partial charge in [-0.1, -0.05) is 36.9 Å². The van der Waals surface area contributed by atoms with Gasteiger partial charge in [-0.3, -0.25) is 4.79 Å². The molecule has 0 aromatic heterocycles. The van der Waals surface area contributed by atoms with Crippen molar-refractivity contribution in [2.45, 2.75) is 36.8 Å². The van der Waals surface area contributed by atoms with Crippen LogP contribution in [0.25, 0.3) is 5.70 Å². The second-order valence-electron chi connectivity index (χ2n) is 11.6. The summed E-state index contributed by atoms with van der Waals surface area (Å²) in [5.41, 5.74) is -7.86. The first-order chi connectivity index (χ1) is 23.9. The SMILES string of the molecule is C=C(c1ccc(C[C@](NC(=O)c2ccc(F)c(C(F)(F)F)c2)(c2cc(F)cc(OC(F)(F)C(F)F)c2)c2ccc(F)c(C(F)(F)F)c2)cc1)N(C)C. The van der Waals surface area contributed by atoms with Crippen molar-refractivity contribution in [1.82, 2.24) is 10.2 Å². The Kier molecular flexibility index (Phi) is 11.0. The minimum absolute atomic E-state index is 0.0756. The minimum Gasteiger partial charge on any atom is -0.428 e. The Labute approximate surface area is 287 Å². The number of ether oxygens (including phenoxy) is 1. The molecule has 1 amide bonds. The molecule has 4 aromatic rings. The molecular weight excluding hydrogens is 727 g/mol. The van der Waals surface area contributed by atoms with Gasteiger partial charge < -0.3 is 15.0 Å². The maximum absolute atomic E-state index is 15.2. The topological polar surface area (TPSA) is 41.6 Å². The van der Waals surface area contributed by atoms with Crippen molar-refractivity contribution in [1.29, 1.82) is 0 Å². The molecule has 0 spiro atoms. The number of amides is 1. The number of nitrogens with zero attached hydrogens (tertiary/aromatic N) is 1. The molecule has 0 unspecified atom stereocenters. The maximum Gasteiger partial charge on any atom is 0.461 e. The zero-order chi connectivity index (χ0) is 39.0. The van der Waals surface area contributed by atoms with Crippen LogP contribution < -0.4 is 10.1 Å². The molecule has 0 saturated heterocycles. The van der Waals surface area contributed by atoms with Gasteiger partial charge in [-0.05, 0) is 64.7 Å². The number of hydrogen-bond donors (Lipinski definition) is 1. The van der Waals surface area contributed by atoms with Gasteiger partial charge in [0.2, 0.25) is 0 Å². The molecule has 17 heteroatoms. The van der Waals surface area contributed by atoms with Crippen molar-refractivity contribution in [2.24, 2.45) is 0 Å². The molecule has 0 heterocycles. The molecule has 1 N–H and O–H groups in total. The van der Waals surface area contributed by atoms with E-state index in [1.165, 1.54) is 24.3 Å². The van der Waals surface area contributed by atoms with Gasteiger partial charge >= 0.3 is 24.9 Å². The highest BCUT2D eigenvalue weighted by Crippen LogP contribution is 2.41.